The molecule has 4 aromatic rings. The van der Waals surface area contributed by atoms with E-state index < -0.39 is 19.1 Å². The molecule has 0 spiro atoms. The van der Waals surface area contributed by atoms with Gasteiger partial charge in [0.15, 0.2) is 0 Å². The molecule has 12 heteroatoms. The Kier molecular flexibility index (Phi) is 13.6. The molecule has 0 aliphatic heterocycles. The summed E-state index contributed by atoms with van der Waals surface area (Å²) in [6.45, 7) is 3.89. The van der Waals surface area contributed by atoms with Crippen molar-refractivity contribution in [3.63, 3.8) is 0 Å². The Balaban J connectivity index is 0.000000233. The molecule has 42 heavy (non-hydrogen) atoms. The average molecular weight is 639 g/mol. The Morgan fingerprint density at radius 1 is 0.714 bits per heavy atom. The number of pyridine rings is 2. The van der Waals surface area contributed by atoms with E-state index in [4.69, 9.17) is 19.5 Å². The monoisotopic (exact) mass is 638 g/mol. The molecule has 0 fully saturated rings. The number of halogens is 1. The molecule has 0 aliphatic rings. The first-order valence-electron chi connectivity index (χ1n) is 12.4. The summed E-state index contributed by atoms with van der Waals surface area (Å²) in [4.78, 5) is 30.1. The predicted molar refractivity (Wildman–Crippen MR) is 163 cm³/mol. The molecule has 4 rings (SSSR count). The van der Waals surface area contributed by atoms with Crippen molar-refractivity contribution in [2.45, 2.75) is 13.8 Å². The maximum Gasteiger partial charge on any atom is 0.492 e. The maximum atomic E-state index is 11.3. The van der Waals surface area contributed by atoms with E-state index in [0.717, 1.165) is 32.5 Å². The SMILES string of the molecule is COC(=O)c1ccc(-c2cc(C)ccc2OC)cn1.COC(=O)c1ccc(Br)cn1.COc1ccc(C)cc1B(O)O. The lowest BCUT2D eigenvalue weighted by Crippen LogP contribution is -2.31. The molecule has 0 bridgehead atoms. The van der Waals surface area contributed by atoms with Crippen molar-refractivity contribution in [3.05, 3.63) is 100 Å². The quantitative estimate of drug-likeness (QED) is 0.234. The molecule has 2 N–H and O–H groups in total. The number of esters is 2. The zero-order valence-corrected chi connectivity index (χ0v) is 25.7. The predicted octanol–water partition coefficient (Wildman–Crippen LogP) is 4.17. The van der Waals surface area contributed by atoms with Crippen LogP contribution in [-0.2, 0) is 9.47 Å². The van der Waals surface area contributed by atoms with Gasteiger partial charge in [0.1, 0.15) is 22.9 Å². The van der Waals surface area contributed by atoms with Crippen LogP contribution in [0.1, 0.15) is 32.1 Å². The van der Waals surface area contributed by atoms with Gasteiger partial charge in [0.25, 0.3) is 0 Å². The highest BCUT2D eigenvalue weighted by Gasteiger charge is 2.16. The fraction of sp³-hybridized carbons (Fsp3) is 0.200. The topological polar surface area (TPSA) is 137 Å². The summed E-state index contributed by atoms with van der Waals surface area (Å²) in [7, 11) is 4.31. The van der Waals surface area contributed by atoms with Crippen molar-refractivity contribution in [2.75, 3.05) is 28.4 Å². The third kappa shape index (κ3) is 9.98. The van der Waals surface area contributed by atoms with Crippen molar-refractivity contribution in [1.82, 2.24) is 9.97 Å². The van der Waals surface area contributed by atoms with Gasteiger partial charge in [0.05, 0.1) is 28.4 Å². The number of carbonyl (C=O) groups excluding carboxylic acids is 2. The van der Waals surface area contributed by atoms with Crippen LogP contribution in [0.2, 0.25) is 0 Å². The van der Waals surface area contributed by atoms with E-state index >= 15 is 0 Å². The van der Waals surface area contributed by atoms with Crippen LogP contribution < -0.4 is 14.9 Å². The van der Waals surface area contributed by atoms with Gasteiger partial charge in [0, 0.05) is 33.5 Å². The van der Waals surface area contributed by atoms with Gasteiger partial charge in [-0.3, -0.25) is 0 Å². The zero-order chi connectivity index (χ0) is 31.2. The average Bonchev–Trinajstić information content (AvgIpc) is 3.01. The molecule has 0 saturated carbocycles. The number of methoxy groups -OCH3 is 4. The standard InChI is InChI=1S/C15H15NO3.C8H11BO3.C7H6BrNO2/c1-10-4-7-14(18-2)12(8-10)11-5-6-13(16-9-11)15(17)19-3;1-6-3-4-8(12-2)7(5-6)9(10)11;1-11-7(10)6-3-2-5(8)4-9-6/h4-9H,1-3H3;3-5,10-11H,1-2H3;2-4H,1H3. The minimum absolute atomic E-state index is 0.290. The minimum atomic E-state index is -1.47. The Bertz CT molecular complexity index is 1470. The van der Waals surface area contributed by atoms with E-state index in [1.807, 2.05) is 44.2 Å². The first-order valence-corrected chi connectivity index (χ1v) is 13.2. The van der Waals surface area contributed by atoms with Crippen LogP contribution in [0.3, 0.4) is 0 Å². The molecular weight excluding hydrogens is 607 g/mol. The van der Waals surface area contributed by atoms with E-state index in [2.05, 4.69) is 35.4 Å². The number of carbonyl (C=O) groups is 2. The Hall–Kier alpha value is -4.26. The van der Waals surface area contributed by atoms with Gasteiger partial charge in [-0.25, -0.2) is 19.6 Å². The zero-order valence-electron chi connectivity index (χ0n) is 24.1. The lowest BCUT2D eigenvalue weighted by Gasteiger charge is -2.09. The number of benzene rings is 2. The van der Waals surface area contributed by atoms with E-state index in [1.54, 1.807) is 49.8 Å². The van der Waals surface area contributed by atoms with Gasteiger partial charge in [-0.05, 0) is 66.2 Å². The Morgan fingerprint density at radius 3 is 1.69 bits per heavy atom. The first-order chi connectivity index (χ1) is 20.0. The normalized spacial score (nSPS) is 9.74. The molecule has 220 valence electrons. The van der Waals surface area contributed by atoms with E-state index in [1.165, 1.54) is 21.3 Å². The van der Waals surface area contributed by atoms with Crippen molar-refractivity contribution >= 4 is 40.4 Å². The number of nitrogens with zero attached hydrogens (tertiary/aromatic N) is 2. The van der Waals surface area contributed by atoms with Crippen LogP contribution in [0.5, 0.6) is 11.5 Å². The number of aryl methyl sites for hydroxylation is 2. The lowest BCUT2D eigenvalue weighted by atomic mass is 9.79. The minimum Gasteiger partial charge on any atom is -0.497 e. The van der Waals surface area contributed by atoms with E-state index in [9.17, 15) is 9.59 Å². The summed E-state index contributed by atoms with van der Waals surface area (Å²) in [5.41, 5.74) is 4.96. The fourth-order valence-electron chi connectivity index (χ4n) is 3.48. The summed E-state index contributed by atoms with van der Waals surface area (Å²) < 4.78 is 20.2. The van der Waals surface area contributed by atoms with Crippen LogP contribution in [0.25, 0.3) is 11.1 Å². The highest BCUT2D eigenvalue weighted by Crippen LogP contribution is 2.30. The summed E-state index contributed by atoms with van der Waals surface area (Å²) in [5.74, 6) is 0.411. The van der Waals surface area contributed by atoms with Crippen molar-refractivity contribution in [1.29, 1.82) is 0 Å². The second kappa shape index (κ2) is 16.9. The third-order valence-electron chi connectivity index (χ3n) is 5.61. The molecule has 0 amide bonds. The second-order valence-electron chi connectivity index (χ2n) is 8.60. The first kappa shape index (κ1) is 33.9. The van der Waals surface area contributed by atoms with E-state index in [0.29, 0.717) is 16.9 Å². The smallest absolute Gasteiger partial charge is 0.492 e. The molecule has 0 aliphatic carbocycles. The largest absolute Gasteiger partial charge is 0.497 e. The Morgan fingerprint density at radius 2 is 1.24 bits per heavy atom. The second-order valence-corrected chi connectivity index (χ2v) is 9.52. The molecule has 2 aromatic carbocycles. The van der Waals surface area contributed by atoms with Gasteiger partial charge >= 0.3 is 19.1 Å². The molecule has 2 aromatic heterocycles. The number of rotatable bonds is 6. The lowest BCUT2D eigenvalue weighted by molar-refractivity contribution is 0.0585. The fourth-order valence-corrected chi connectivity index (χ4v) is 3.72. The molecule has 0 unspecified atom stereocenters. The summed E-state index contributed by atoms with van der Waals surface area (Å²) in [5, 5.41) is 17.9. The van der Waals surface area contributed by atoms with Crippen molar-refractivity contribution in [3.8, 4) is 22.6 Å². The van der Waals surface area contributed by atoms with Crippen LogP contribution >= 0.6 is 15.9 Å². The van der Waals surface area contributed by atoms with Crippen molar-refractivity contribution in [2.24, 2.45) is 0 Å². The highest BCUT2D eigenvalue weighted by molar-refractivity contribution is 9.10. The Labute approximate surface area is 253 Å². The summed E-state index contributed by atoms with van der Waals surface area (Å²) >= 11 is 3.20. The number of hydrogen-bond donors (Lipinski definition) is 2. The van der Waals surface area contributed by atoms with Gasteiger partial charge in [-0.15, -0.1) is 0 Å². The molecule has 0 atom stereocenters. The number of aromatic nitrogens is 2. The summed E-state index contributed by atoms with van der Waals surface area (Å²) in [6, 6.07) is 18.0. The maximum absolute atomic E-state index is 11.3. The van der Waals surface area contributed by atoms with Gasteiger partial charge in [-0.2, -0.15) is 0 Å². The molecule has 0 radical (unpaired) electrons. The van der Waals surface area contributed by atoms with Gasteiger partial charge in [0.2, 0.25) is 0 Å². The molecule has 2 heterocycles. The number of hydrogen-bond acceptors (Lipinski definition) is 10. The molecular formula is C30H32BBrN2O8. The van der Waals surface area contributed by atoms with Gasteiger partial charge < -0.3 is 29.0 Å². The van der Waals surface area contributed by atoms with Crippen molar-refractivity contribution < 1.29 is 38.6 Å². The summed E-state index contributed by atoms with van der Waals surface area (Å²) in [6.07, 6.45) is 3.19. The van der Waals surface area contributed by atoms with Crippen LogP contribution in [-0.4, -0.2) is 67.5 Å². The molecule has 10 nitrogen and oxygen atoms in total. The van der Waals surface area contributed by atoms with Gasteiger partial charge in [-0.1, -0.05) is 35.4 Å². The number of ether oxygens (including phenoxy) is 4. The van der Waals surface area contributed by atoms with Crippen LogP contribution in [0, 0.1) is 13.8 Å². The molecule has 0 saturated heterocycles. The third-order valence-corrected chi connectivity index (χ3v) is 6.08. The van der Waals surface area contributed by atoms with E-state index in [-0.39, 0.29) is 5.69 Å². The van der Waals surface area contributed by atoms with Crippen LogP contribution in [0.4, 0.5) is 0 Å². The van der Waals surface area contributed by atoms with Crippen LogP contribution in [0.15, 0.2) is 77.5 Å². The highest BCUT2D eigenvalue weighted by atomic mass is 79.9.